The predicted molar refractivity (Wildman–Crippen MR) is 78.4 cm³/mol. The average Bonchev–Trinajstić information content (AvgIpc) is 2.80. The number of carbonyl (C=O) groups excluding carboxylic acids is 1. The Morgan fingerprint density at radius 1 is 1.53 bits per heavy atom. The molecule has 1 aliphatic carbocycles. The molecule has 0 saturated heterocycles. The van der Waals surface area contributed by atoms with Crippen LogP contribution >= 0.6 is 23.4 Å². The minimum Gasteiger partial charge on any atom is -0.348 e. The van der Waals surface area contributed by atoms with Gasteiger partial charge in [0.2, 0.25) is 0 Å². The molecule has 2 nitrogen and oxygen atoms in total. The van der Waals surface area contributed by atoms with E-state index in [1.165, 1.54) is 18.2 Å². The molecule has 2 unspecified atom stereocenters. The monoisotopic (exact) mass is 301 g/mol. The second-order valence-corrected chi connectivity index (χ2v) is 6.58. The van der Waals surface area contributed by atoms with Gasteiger partial charge in [-0.05, 0) is 36.8 Å². The van der Waals surface area contributed by atoms with E-state index in [1.807, 2.05) is 11.8 Å². The van der Waals surface area contributed by atoms with Crippen molar-refractivity contribution in [1.29, 1.82) is 0 Å². The first-order valence-corrected chi connectivity index (χ1v) is 7.92. The standard InChI is InChI=1S/C14H17ClFNOS/c1-2-19-13-5-3-4-12(13)17-14(18)10-8-9(15)6-7-11(10)16/h6-8,12-13H,2-5H2,1H3,(H,17,18). The molecule has 2 rings (SSSR count). The van der Waals surface area contributed by atoms with Crippen molar-refractivity contribution >= 4 is 29.3 Å². The lowest BCUT2D eigenvalue weighted by molar-refractivity contribution is 0.0934. The number of halogens is 2. The van der Waals surface area contributed by atoms with Gasteiger partial charge in [-0.25, -0.2) is 4.39 Å². The lowest BCUT2D eigenvalue weighted by Gasteiger charge is -2.20. The Morgan fingerprint density at radius 2 is 2.32 bits per heavy atom. The molecule has 1 fully saturated rings. The van der Waals surface area contributed by atoms with E-state index in [1.54, 1.807) is 0 Å². The fourth-order valence-corrected chi connectivity index (χ4v) is 3.79. The van der Waals surface area contributed by atoms with Gasteiger partial charge in [0.15, 0.2) is 0 Å². The van der Waals surface area contributed by atoms with E-state index in [9.17, 15) is 9.18 Å². The maximum absolute atomic E-state index is 13.6. The number of nitrogens with one attached hydrogen (secondary N) is 1. The van der Waals surface area contributed by atoms with Gasteiger partial charge in [-0.1, -0.05) is 24.9 Å². The van der Waals surface area contributed by atoms with Crippen molar-refractivity contribution in [3.8, 4) is 0 Å². The molecule has 1 amide bonds. The number of rotatable bonds is 4. The third-order valence-electron chi connectivity index (χ3n) is 3.32. The first kappa shape index (κ1) is 14.7. The van der Waals surface area contributed by atoms with Crippen molar-refractivity contribution < 1.29 is 9.18 Å². The van der Waals surface area contributed by atoms with Crippen LogP contribution in [-0.2, 0) is 0 Å². The molecule has 0 aromatic heterocycles. The Hall–Kier alpha value is -0.740. The minimum absolute atomic E-state index is 0.0275. The number of hydrogen-bond donors (Lipinski definition) is 1. The summed E-state index contributed by atoms with van der Waals surface area (Å²) in [6.07, 6.45) is 3.19. The second-order valence-electron chi connectivity index (χ2n) is 4.63. The number of benzene rings is 1. The predicted octanol–water partition coefficient (Wildman–Crippen LogP) is 3.88. The van der Waals surface area contributed by atoms with E-state index in [0.717, 1.165) is 25.0 Å². The van der Waals surface area contributed by atoms with E-state index in [-0.39, 0.29) is 17.5 Å². The largest absolute Gasteiger partial charge is 0.348 e. The topological polar surface area (TPSA) is 29.1 Å². The quantitative estimate of drug-likeness (QED) is 0.914. The summed E-state index contributed by atoms with van der Waals surface area (Å²) in [5.41, 5.74) is 0.0275. The van der Waals surface area contributed by atoms with Gasteiger partial charge in [-0.15, -0.1) is 0 Å². The van der Waals surface area contributed by atoms with Crippen LogP contribution in [0.15, 0.2) is 18.2 Å². The summed E-state index contributed by atoms with van der Waals surface area (Å²) in [6, 6.07) is 4.18. The minimum atomic E-state index is -0.528. The van der Waals surface area contributed by atoms with Crippen LogP contribution < -0.4 is 5.32 Å². The number of amides is 1. The summed E-state index contributed by atoms with van der Waals surface area (Å²) in [5, 5.41) is 3.75. The average molecular weight is 302 g/mol. The summed E-state index contributed by atoms with van der Waals surface area (Å²) in [4.78, 5) is 12.1. The zero-order valence-corrected chi connectivity index (χ0v) is 12.4. The molecule has 5 heteroatoms. The molecule has 0 aliphatic heterocycles. The van der Waals surface area contributed by atoms with Crippen molar-refractivity contribution in [3.05, 3.63) is 34.6 Å². The Labute approximate surface area is 122 Å². The first-order valence-electron chi connectivity index (χ1n) is 6.49. The van der Waals surface area contributed by atoms with Crippen LogP contribution in [0.3, 0.4) is 0 Å². The van der Waals surface area contributed by atoms with Crippen molar-refractivity contribution in [1.82, 2.24) is 5.32 Å². The molecular weight excluding hydrogens is 285 g/mol. The molecule has 19 heavy (non-hydrogen) atoms. The maximum atomic E-state index is 13.6. The molecule has 0 radical (unpaired) electrons. The zero-order chi connectivity index (χ0) is 13.8. The molecule has 2 atom stereocenters. The van der Waals surface area contributed by atoms with Gasteiger partial charge in [0.1, 0.15) is 5.82 Å². The Morgan fingerprint density at radius 3 is 3.05 bits per heavy atom. The first-order chi connectivity index (χ1) is 9.11. The molecule has 1 aromatic carbocycles. The number of carbonyl (C=O) groups is 1. The van der Waals surface area contributed by atoms with Crippen molar-refractivity contribution in [2.75, 3.05) is 5.75 Å². The Bertz CT molecular complexity index is 469. The van der Waals surface area contributed by atoms with Crippen LogP contribution in [0.25, 0.3) is 0 Å². The van der Waals surface area contributed by atoms with Crippen molar-refractivity contribution in [2.24, 2.45) is 0 Å². The summed E-state index contributed by atoms with van der Waals surface area (Å²) in [5.74, 6) is 0.135. The van der Waals surface area contributed by atoms with Crippen LogP contribution in [0.2, 0.25) is 5.02 Å². The number of thioether (sulfide) groups is 1. The number of hydrogen-bond acceptors (Lipinski definition) is 2. The molecule has 1 saturated carbocycles. The summed E-state index contributed by atoms with van der Waals surface area (Å²) in [6.45, 7) is 2.11. The summed E-state index contributed by atoms with van der Waals surface area (Å²) < 4.78 is 13.6. The third-order valence-corrected chi connectivity index (χ3v) is 4.88. The summed E-state index contributed by atoms with van der Waals surface area (Å²) in [7, 11) is 0. The molecule has 1 aliphatic rings. The van der Waals surface area contributed by atoms with Gasteiger partial charge in [0.25, 0.3) is 5.91 Å². The zero-order valence-electron chi connectivity index (χ0n) is 10.8. The molecule has 0 spiro atoms. The van der Waals surface area contributed by atoms with E-state index in [0.29, 0.717) is 10.3 Å². The van der Waals surface area contributed by atoms with E-state index < -0.39 is 5.82 Å². The SMILES string of the molecule is CCSC1CCCC1NC(=O)c1cc(Cl)ccc1F. The smallest absolute Gasteiger partial charge is 0.254 e. The molecule has 1 N–H and O–H groups in total. The maximum Gasteiger partial charge on any atom is 0.254 e. The normalized spacial score (nSPS) is 22.5. The van der Waals surface area contributed by atoms with E-state index in [2.05, 4.69) is 12.2 Å². The highest BCUT2D eigenvalue weighted by Gasteiger charge is 2.29. The molecular formula is C14H17ClFNOS. The molecule has 0 bridgehead atoms. The molecule has 0 heterocycles. The van der Waals surface area contributed by atoms with Crippen LogP contribution in [-0.4, -0.2) is 23.0 Å². The van der Waals surface area contributed by atoms with Crippen LogP contribution in [0.5, 0.6) is 0 Å². The van der Waals surface area contributed by atoms with Crippen LogP contribution in [0.1, 0.15) is 36.5 Å². The highest BCUT2D eigenvalue weighted by Crippen LogP contribution is 2.30. The van der Waals surface area contributed by atoms with Crippen molar-refractivity contribution in [2.45, 2.75) is 37.5 Å². The van der Waals surface area contributed by atoms with Crippen LogP contribution in [0.4, 0.5) is 4.39 Å². The van der Waals surface area contributed by atoms with Crippen LogP contribution in [0, 0.1) is 5.82 Å². The molecule has 1 aromatic rings. The third kappa shape index (κ3) is 3.63. The Kier molecular flexibility index (Phi) is 5.11. The second kappa shape index (κ2) is 6.62. The van der Waals surface area contributed by atoms with Gasteiger partial charge < -0.3 is 5.32 Å². The van der Waals surface area contributed by atoms with E-state index in [4.69, 9.17) is 11.6 Å². The molecule has 104 valence electrons. The van der Waals surface area contributed by atoms with Gasteiger partial charge in [-0.2, -0.15) is 11.8 Å². The highest BCUT2D eigenvalue weighted by molar-refractivity contribution is 7.99. The lowest BCUT2D eigenvalue weighted by Crippen LogP contribution is -2.39. The lowest BCUT2D eigenvalue weighted by atomic mass is 10.1. The van der Waals surface area contributed by atoms with Crippen molar-refractivity contribution in [3.63, 3.8) is 0 Å². The van der Waals surface area contributed by atoms with Gasteiger partial charge in [-0.3, -0.25) is 4.79 Å². The highest BCUT2D eigenvalue weighted by atomic mass is 35.5. The fourth-order valence-electron chi connectivity index (χ4n) is 2.42. The van der Waals surface area contributed by atoms with E-state index >= 15 is 0 Å². The fraction of sp³-hybridized carbons (Fsp3) is 0.500. The van der Waals surface area contributed by atoms with Gasteiger partial charge in [0.05, 0.1) is 5.56 Å². The Balaban J connectivity index is 2.06. The summed E-state index contributed by atoms with van der Waals surface area (Å²) >= 11 is 7.66. The van der Waals surface area contributed by atoms with Gasteiger partial charge >= 0.3 is 0 Å². The van der Waals surface area contributed by atoms with Gasteiger partial charge in [0, 0.05) is 16.3 Å².